The summed E-state index contributed by atoms with van der Waals surface area (Å²) < 4.78 is 0. The zero-order valence-electron chi connectivity index (χ0n) is 12.8. The van der Waals surface area contributed by atoms with Crippen molar-refractivity contribution in [2.75, 3.05) is 31.5 Å². The Morgan fingerprint density at radius 1 is 1.24 bits per heavy atom. The van der Waals surface area contributed by atoms with E-state index in [9.17, 15) is 4.79 Å². The van der Waals surface area contributed by atoms with E-state index in [0.29, 0.717) is 0 Å². The topological polar surface area (TPSA) is 44.4 Å². The number of amides is 1. The number of aryl methyl sites for hydroxylation is 2. The predicted octanol–water partition coefficient (Wildman–Crippen LogP) is 2.38. The lowest BCUT2D eigenvalue weighted by atomic mass is 10.1. The van der Waals surface area contributed by atoms with E-state index in [-0.39, 0.29) is 36.8 Å². The molecular formula is C15H25Cl2N3O. The van der Waals surface area contributed by atoms with Crippen LogP contribution in [0.4, 0.5) is 5.69 Å². The largest absolute Gasteiger partial charge is 0.324 e. The molecule has 1 aliphatic heterocycles. The van der Waals surface area contributed by atoms with Crippen molar-refractivity contribution in [1.29, 1.82) is 0 Å². The highest BCUT2D eigenvalue weighted by atomic mass is 35.5. The third-order valence-electron chi connectivity index (χ3n) is 3.73. The van der Waals surface area contributed by atoms with Crippen molar-refractivity contribution in [2.45, 2.75) is 26.8 Å². The Morgan fingerprint density at radius 2 is 1.86 bits per heavy atom. The third-order valence-corrected chi connectivity index (χ3v) is 3.73. The van der Waals surface area contributed by atoms with Gasteiger partial charge in [0.2, 0.25) is 5.91 Å². The molecule has 1 aliphatic rings. The molecule has 0 radical (unpaired) electrons. The second-order valence-corrected chi connectivity index (χ2v) is 5.27. The minimum atomic E-state index is -0.0815. The Kier molecular flexibility index (Phi) is 8.90. The van der Waals surface area contributed by atoms with Gasteiger partial charge < -0.3 is 10.6 Å². The Morgan fingerprint density at radius 3 is 2.48 bits per heavy atom. The summed E-state index contributed by atoms with van der Waals surface area (Å²) in [5.41, 5.74) is 3.19. The molecule has 1 aromatic rings. The van der Waals surface area contributed by atoms with Gasteiger partial charge in [0.05, 0.1) is 6.04 Å². The maximum absolute atomic E-state index is 12.3. The van der Waals surface area contributed by atoms with Gasteiger partial charge in [-0.2, -0.15) is 0 Å². The number of rotatable bonds is 3. The van der Waals surface area contributed by atoms with Crippen molar-refractivity contribution in [3.8, 4) is 0 Å². The van der Waals surface area contributed by atoms with Crippen LogP contribution >= 0.6 is 24.8 Å². The van der Waals surface area contributed by atoms with Gasteiger partial charge in [0.15, 0.2) is 0 Å². The number of halogens is 2. The highest BCUT2D eigenvalue weighted by Crippen LogP contribution is 2.17. The van der Waals surface area contributed by atoms with E-state index in [1.807, 2.05) is 32.9 Å². The van der Waals surface area contributed by atoms with Crippen LogP contribution in [-0.2, 0) is 4.79 Å². The number of piperazine rings is 1. The van der Waals surface area contributed by atoms with E-state index in [1.165, 1.54) is 0 Å². The van der Waals surface area contributed by atoms with Crippen LogP contribution < -0.4 is 10.6 Å². The summed E-state index contributed by atoms with van der Waals surface area (Å²) in [6, 6.07) is 6.05. The summed E-state index contributed by atoms with van der Waals surface area (Å²) in [6.07, 6.45) is 0. The fourth-order valence-electron chi connectivity index (χ4n) is 2.34. The second kappa shape index (κ2) is 9.26. The molecule has 21 heavy (non-hydrogen) atoms. The Balaban J connectivity index is 0.00000200. The van der Waals surface area contributed by atoms with Crippen LogP contribution in [0.25, 0.3) is 0 Å². The van der Waals surface area contributed by atoms with Crippen molar-refractivity contribution >= 4 is 36.4 Å². The molecule has 1 heterocycles. The minimum Gasteiger partial charge on any atom is -0.324 e. The number of nitrogens with one attached hydrogen (secondary N) is 2. The van der Waals surface area contributed by atoms with Crippen LogP contribution in [0.15, 0.2) is 18.2 Å². The summed E-state index contributed by atoms with van der Waals surface area (Å²) in [4.78, 5) is 14.5. The number of hydrogen-bond donors (Lipinski definition) is 2. The molecule has 0 aliphatic carbocycles. The summed E-state index contributed by atoms with van der Waals surface area (Å²) in [6.45, 7) is 9.82. The number of anilines is 1. The summed E-state index contributed by atoms with van der Waals surface area (Å²) >= 11 is 0. The summed E-state index contributed by atoms with van der Waals surface area (Å²) in [5.74, 6) is 0.0793. The van der Waals surface area contributed by atoms with Crippen molar-refractivity contribution < 1.29 is 4.79 Å². The molecule has 0 aromatic heterocycles. The van der Waals surface area contributed by atoms with Gasteiger partial charge in [-0.3, -0.25) is 9.69 Å². The molecule has 0 spiro atoms. The van der Waals surface area contributed by atoms with Gasteiger partial charge in [0.1, 0.15) is 0 Å². The molecule has 1 unspecified atom stereocenters. The molecule has 1 saturated heterocycles. The molecular weight excluding hydrogens is 309 g/mol. The fraction of sp³-hybridized carbons (Fsp3) is 0.533. The van der Waals surface area contributed by atoms with E-state index in [0.717, 1.165) is 43.0 Å². The molecule has 0 bridgehead atoms. The molecule has 0 saturated carbocycles. The summed E-state index contributed by atoms with van der Waals surface area (Å²) in [5, 5.41) is 6.35. The quantitative estimate of drug-likeness (QED) is 0.892. The molecule has 2 N–H and O–H groups in total. The van der Waals surface area contributed by atoms with Crippen molar-refractivity contribution in [3.05, 3.63) is 29.3 Å². The number of benzene rings is 1. The maximum Gasteiger partial charge on any atom is 0.241 e. The predicted molar refractivity (Wildman–Crippen MR) is 92.9 cm³/mol. The molecule has 1 atom stereocenters. The van der Waals surface area contributed by atoms with Gasteiger partial charge in [-0.25, -0.2) is 0 Å². The van der Waals surface area contributed by atoms with Gasteiger partial charge >= 0.3 is 0 Å². The first-order valence-electron chi connectivity index (χ1n) is 6.91. The SMILES string of the molecule is Cc1ccc(C)c(NC(=O)C(C)N2CCNCC2)c1.Cl.Cl. The van der Waals surface area contributed by atoms with Crippen molar-refractivity contribution in [1.82, 2.24) is 10.2 Å². The Hall–Kier alpha value is -0.810. The smallest absolute Gasteiger partial charge is 0.241 e. The number of nitrogens with zero attached hydrogens (tertiary/aromatic N) is 1. The van der Waals surface area contributed by atoms with E-state index in [2.05, 4.69) is 21.6 Å². The van der Waals surface area contributed by atoms with Gasteiger partial charge in [0, 0.05) is 31.9 Å². The lowest BCUT2D eigenvalue weighted by molar-refractivity contribution is -0.120. The van der Waals surface area contributed by atoms with Crippen LogP contribution in [0.3, 0.4) is 0 Å². The minimum absolute atomic E-state index is 0. The molecule has 1 aromatic carbocycles. The zero-order valence-corrected chi connectivity index (χ0v) is 14.4. The van der Waals surface area contributed by atoms with Crippen LogP contribution in [0.1, 0.15) is 18.1 Å². The molecule has 6 heteroatoms. The van der Waals surface area contributed by atoms with Crippen molar-refractivity contribution in [3.63, 3.8) is 0 Å². The third kappa shape index (κ3) is 5.47. The van der Waals surface area contributed by atoms with Crippen LogP contribution in [0, 0.1) is 13.8 Å². The first-order valence-corrected chi connectivity index (χ1v) is 6.91. The number of hydrogen-bond acceptors (Lipinski definition) is 3. The summed E-state index contributed by atoms with van der Waals surface area (Å²) in [7, 11) is 0. The first-order chi connectivity index (χ1) is 9.08. The average Bonchev–Trinajstić information content (AvgIpc) is 2.43. The van der Waals surface area contributed by atoms with E-state index >= 15 is 0 Å². The molecule has 1 fully saturated rings. The highest BCUT2D eigenvalue weighted by Gasteiger charge is 2.22. The molecule has 4 nitrogen and oxygen atoms in total. The zero-order chi connectivity index (χ0) is 13.8. The average molecular weight is 334 g/mol. The standard InChI is InChI=1S/C15H23N3O.2ClH/c1-11-4-5-12(2)14(10-11)17-15(19)13(3)18-8-6-16-7-9-18;;/h4-5,10,13,16H,6-9H2,1-3H3,(H,17,19);2*1H. The van der Waals surface area contributed by atoms with Crippen LogP contribution in [-0.4, -0.2) is 43.0 Å². The molecule has 2 rings (SSSR count). The Bertz CT molecular complexity index is 462. The maximum atomic E-state index is 12.3. The monoisotopic (exact) mass is 333 g/mol. The van der Waals surface area contributed by atoms with E-state index in [1.54, 1.807) is 0 Å². The van der Waals surface area contributed by atoms with Gasteiger partial charge in [-0.15, -0.1) is 24.8 Å². The van der Waals surface area contributed by atoms with E-state index < -0.39 is 0 Å². The molecule has 120 valence electrons. The fourth-order valence-corrected chi connectivity index (χ4v) is 2.34. The first kappa shape index (κ1) is 20.2. The van der Waals surface area contributed by atoms with Crippen LogP contribution in [0.2, 0.25) is 0 Å². The molecule has 1 amide bonds. The van der Waals surface area contributed by atoms with Crippen LogP contribution in [0.5, 0.6) is 0 Å². The van der Waals surface area contributed by atoms with Gasteiger partial charge in [-0.1, -0.05) is 12.1 Å². The lowest BCUT2D eigenvalue weighted by Gasteiger charge is -2.32. The van der Waals surface area contributed by atoms with Crippen molar-refractivity contribution in [2.24, 2.45) is 0 Å². The number of carbonyl (C=O) groups excluding carboxylic acids is 1. The lowest BCUT2D eigenvalue weighted by Crippen LogP contribution is -2.51. The Labute approximate surface area is 139 Å². The van der Waals surface area contributed by atoms with Gasteiger partial charge in [0.25, 0.3) is 0 Å². The highest BCUT2D eigenvalue weighted by molar-refractivity contribution is 5.95. The second-order valence-electron chi connectivity index (χ2n) is 5.27. The number of carbonyl (C=O) groups is 1. The van der Waals surface area contributed by atoms with E-state index in [4.69, 9.17) is 0 Å². The van der Waals surface area contributed by atoms with Gasteiger partial charge in [-0.05, 0) is 38.0 Å². The normalized spacial score (nSPS) is 16.3.